The molecule has 2 aromatic rings. The summed E-state index contributed by atoms with van der Waals surface area (Å²) in [7, 11) is 0. The molecule has 1 heterocycles. The first kappa shape index (κ1) is 15.0. The quantitative estimate of drug-likeness (QED) is 0.877. The second-order valence-corrected chi connectivity index (χ2v) is 4.18. The number of amides is 1. The molecule has 1 aromatic carbocycles. The standard InChI is InChI=1S/C12H12F3N5O/c13-12(14,15)8-2-1-3-10(4-8)20-7-9(18-19-20)6-17-11(21)5-16/h1-4,7H,5-6,16H2,(H,17,21). The van der Waals surface area contributed by atoms with Gasteiger partial charge < -0.3 is 11.1 Å². The molecule has 0 unspecified atom stereocenters. The first-order valence-electron chi connectivity index (χ1n) is 5.96. The molecule has 1 amide bonds. The maximum absolute atomic E-state index is 12.6. The van der Waals surface area contributed by atoms with Gasteiger partial charge in [-0.25, -0.2) is 4.68 Å². The molecule has 2 rings (SSSR count). The van der Waals surface area contributed by atoms with Crippen LogP contribution in [0.5, 0.6) is 0 Å². The van der Waals surface area contributed by atoms with Crippen molar-refractivity contribution in [2.24, 2.45) is 5.73 Å². The number of hydrogen-bond donors (Lipinski definition) is 2. The second kappa shape index (κ2) is 5.92. The van der Waals surface area contributed by atoms with E-state index in [1.165, 1.54) is 23.0 Å². The van der Waals surface area contributed by atoms with Crippen molar-refractivity contribution >= 4 is 5.91 Å². The average molecular weight is 299 g/mol. The molecule has 0 atom stereocenters. The van der Waals surface area contributed by atoms with Crippen LogP contribution in [0.3, 0.4) is 0 Å². The van der Waals surface area contributed by atoms with Gasteiger partial charge in [-0.3, -0.25) is 4.79 Å². The molecule has 3 N–H and O–H groups in total. The number of hydrogen-bond acceptors (Lipinski definition) is 4. The van der Waals surface area contributed by atoms with Gasteiger partial charge in [-0.15, -0.1) is 5.10 Å². The Kier molecular flexibility index (Phi) is 4.22. The minimum atomic E-state index is -4.42. The van der Waals surface area contributed by atoms with E-state index in [1.807, 2.05) is 0 Å². The maximum atomic E-state index is 12.6. The van der Waals surface area contributed by atoms with E-state index in [9.17, 15) is 18.0 Å². The van der Waals surface area contributed by atoms with Crippen LogP contribution < -0.4 is 11.1 Å². The highest BCUT2D eigenvalue weighted by atomic mass is 19.4. The third-order valence-electron chi connectivity index (χ3n) is 2.63. The van der Waals surface area contributed by atoms with E-state index >= 15 is 0 Å². The normalized spacial score (nSPS) is 11.4. The number of nitrogens with zero attached hydrogens (tertiary/aromatic N) is 3. The van der Waals surface area contributed by atoms with Gasteiger partial charge >= 0.3 is 6.18 Å². The highest BCUT2D eigenvalue weighted by molar-refractivity contribution is 5.77. The molecule has 1 aromatic heterocycles. The number of aromatic nitrogens is 3. The summed E-state index contributed by atoms with van der Waals surface area (Å²) in [4.78, 5) is 11.0. The van der Waals surface area contributed by atoms with Crippen LogP contribution in [0, 0.1) is 0 Å². The van der Waals surface area contributed by atoms with Gasteiger partial charge in [-0.05, 0) is 18.2 Å². The Hall–Kier alpha value is -2.42. The van der Waals surface area contributed by atoms with Crippen LogP contribution in [0.2, 0.25) is 0 Å². The Bertz CT molecular complexity index is 638. The van der Waals surface area contributed by atoms with E-state index in [1.54, 1.807) is 0 Å². The highest BCUT2D eigenvalue weighted by Crippen LogP contribution is 2.30. The number of nitrogens with two attached hydrogens (primary N) is 1. The molecule has 6 nitrogen and oxygen atoms in total. The molecule has 0 aliphatic rings. The molecule has 112 valence electrons. The summed E-state index contributed by atoms with van der Waals surface area (Å²) in [6.07, 6.45) is -2.99. The van der Waals surface area contributed by atoms with Gasteiger partial charge in [-0.2, -0.15) is 13.2 Å². The van der Waals surface area contributed by atoms with E-state index in [4.69, 9.17) is 5.73 Å². The lowest BCUT2D eigenvalue weighted by Gasteiger charge is -2.08. The lowest BCUT2D eigenvalue weighted by atomic mass is 10.2. The SMILES string of the molecule is NCC(=O)NCc1cn(-c2cccc(C(F)(F)F)c2)nn1. The molecule has 0 fully saturated rings. The summed E-state index contributed by atoms with van der Waals surface area (Å²) < 4.78 is 39.1. The zero-order valence-corrected chi connectivity index (χ0v) is 10.8. The lowest BCUT2D eigenvalue weighted by Crippen LogP contribution is -2.29. The number of carbonyl (C=O) groups is 1. The predicted molar refractivity (Wildman–Crippen MR) is 67.3 cm³/mol. The molecule has 0 saturated heterocycles. The van der Waals surface area contributed by atoms with Crippen molar-refractivity contribution in [3.63, 3.8) is 0 Å². The summed E-state index contributed by atoms with van der Waals surface area (Å²) in [5.74, 6) is -0.358. The smallest absolute Gasteiger partial charge is 0.349 e. The fraction of sp³-hybridized carbons (Fsp3) is 0.250. The van der Waals surface area contributed by atoms with Crippen molar-refractivity contribution in [3.8, 4) is 5.69 Å². The highest BCUT2D eigenvalue weighted by Gasteiger charge is 2.30. The summed E-state index contributed by atoms with van der Waals surface area (Å²) >= 11 is 0. The van der Waals surface area contributed by atoms with Crippen LogP contribution in [-0.2, 0) is 17.5 Å². The van der Waals surface area contributed by atoms with E-state index in [0.717, 1.165) is 12.1 Å². The molecule has 0 bridgehead atoms. The Balaban J connectivity index is 2.16. The van der Waals surface area contributed by atoms with Crippen LogP contribution >= 0.6 is 0 Å². The molecule has 0 saturated carbocycles. The lowest BCUT2D eigenvalue weighted by molar-refractivity contribution is -0.137. The van der Waals surface area contributed by atoms with Gasteiger partial charge in [0.25, 0.3) is 0 Å². The van der Waals surface area contributed by atoms with Crippen molar-refractivity contribution in [3.05, 3.63) is 41.7 Å². The molecular formula is C12H12F3N5O. The zero-order valence-electron chi connectivity index (χ0n) is 10.8. The van der Waals surface area contributed by atoms with Crippen molar-refractivity contribution in [2.75, 3.05) is 6.54 Å². The third-order valence-corrected chi connectivity index (χ3v) is 2.63. The monoisotopic (exact) mass is 299 g/mol. The van der Waals surface area contributed by atoms with E-state index in [-0.39, 0.29) is 24.7 Å². The first-order valence-corrected chi connectivity index (χ1v) is 5.96. The van der Waals surface area contributed by atoms with Gasteiger partial charge in [0.1, 0.15) is 5.69 Å². The molecule has 0 aliphatic heterocycles. The Labute approximate surface area is 117 Å². The van der Waals surface area contributed by atoms with Crippen LogP contribution in [0.25, 0.3) is 5.69 Å². The van der Waals surface area contributed by atoms with Gasteiger partial charge in [0.2, 0.25) is 5.91 Å². The third kappa shape index (κ3) is 3.78. The molecule has 0 radical (unpaired) electrons. The summed E-state index contributed by atoms with van der Waals surface area (Å²) in [5, 5.41) is 9.99. The van der Waals surface area contributed by atoms with E-state index < -0.39 is 11.7 Å². The van der Waals surface area contributed by atoms with Crippen molar-refractivity contribution in [1.82, 2.24) is 20.3 Å². The molecule has 0 spiro atoms. The van der Waals surface area contributed by atoms with Gasteiger partial charge in [-0.1, -0.05) is 11.3 Å². The first-order chi connectivity index (χ1) is 9.90. The number of alkyl halides is 3. The maximum Gasteiger partial charge on any atom is 0.416 e. The van der Waals surface area contributed by atoms with Gasteiger partial charge in [0.15, 0.2) is 0 Å². The Morgan fingerprint density at radius 2 is 2.14 bits per heavy atom. The number of benzene rings is 1. The number of nitrogens with one attached hydrogen (secondary N) is 1. The largest absolute Gasteiger partial charge is 0.416 e. The fourth-order valence-electron chi connectivity index (χ4n) is 1.59. The number of carbonyl (C=O) groups excluding carboxylic acids is 1. The van der Waals surface area contributed by atoms with Crippen LogP contribution in [0.15, 0.2) is 30.5 Å². The van der Waals surface area contributed by atoms with Crippen molar-refractivity contribution < 1.29 is 18.0 Å². The second-order valence-electron chi connectivity index (χ2n) is 4.18. The minimum absolute atomic E-state index is 0.106. The minimum Gasteiger partial charge on any atom is -0.349 e. The molecular weight excluding hydrogens is 287 g/mol. The Morgan fingerprint density at radius 1 is 1.38 bits per heavy atom. The van der Waals surface area contributed by atoms with Crippen LogP contribution in [0.1, 0.15) is 11.3 Å². The van der Waals surface area contributed by atoms with Crippen molar-refractivity contribution in [1.29, 1.82) is 0 Å². The summed E-state index contributed by atoms with van der Waals surface area (Å²) in [6, 6.07) is 4.71. The van der Waals surface area contributed by atoms with Crippen molar-refractivity contribution in [2.45, 2.75) is 12.7 Å². The van der Waals surface area contributed by atoms with Crippen LogP contribution in [0.4, 0.5) is 13.2 Å². The topological polar surface area (TPSA) is 85.8 Å². The summed E-state index contributed by atoms with van der Waals surface area (Å²) in [6.45, 7) is -0.0449. The van der Waals surface area contributed by atoms with E-state index in [2.05, 4.69) is 15.6 Å². The summed E-state index contributed by atoms with van der Waals surface area (Å²) in [5.41, 5.74) is 5.00. The zero-order chi connectivity index (χ0) is 15.5. The average Bonchev–Trinajstić information content (AvgIpc) is 2.93. The predicted octanol–water partition coefficient (Wildman–Crippen LogP) is 0.861. The van der Waals surface area contributed by atoms with E-state index in [0.29, 0.717) is 5.69 Å². The fourth-order valence-corrected chi connectivity index (χ4v) is 1.59. The molecule has 9 heteroatoms. The van der Waals surface area contributed by atoms with Gasteiger partial charge in [0.05, 0.1) is 30.5 Å². The molecule has 21 heavy (non-hydrogen) atoms. The van der Waals surface area contributed by atoms with Gasteiger partial charge in [0, 0.05) is 0 Å². The number of halogens is 3. The Morgan fingerprint density at radius 3 is 2.81 bits per heavy atom. The number of rotatable bonds is 4. The van der Waals surface area contributed by atoms with Crippen LogP contribution in [-0.4, -0.2) is 27.4 Å². The molecule has 0 aliphatic carbocycles.